The van der Waals surface area contributed by atoms with Crippen LogP contribution in [0.2, 0.25) is 0 Å². The molecule has 3 aliphatic heterocycles. The number of hydrogen-bond acceptors (Lipinski definition) is 8. The molecule has 0 radical (unpaired) electrons. The van der Waals surface area contributed by atoms with Crippen LogP contribution < -0.4 is 16.2 Å². The normalized spacial score (nSPS) is 24.1. The third-order valence-electron chi connectivity index (χ3n) is 9.81. The van der Waals surface area contributed by atoms with Crippen molar-refractivity contribution in [3.8, 4) is 0 Å². The fourth-order valence-corrected chi connectivity index (χ4v) is 7.78. The Hall–Kier alpha value is -3.48. The zero-order valence-electron chi connectivity index (χ0n) is 27.6. The first-order valence-electron chi connectivity index (χ1n) is 16.7. The summed E-state index contributed by atoms with van der Waals surface area (Å²) in [7, 11) is 1.35. The third kappa shape index (κ3) is 7.90. The molecule has 3 amide bonds. The Morgan fingerprint density at radius 1 is 1.07 bits per heavy atom. The van der Waals surface area contributed by atoms with E-state index in [1.54, 1.807) is 15.5 Å². The van der Waals surface area contributed by atoms with Crippen LogP contribution in [0.3, 0.4) is 0 Å². The number of nitrogens with zero attached hydrogens (tertiary/aromatic N) is 4. The number of ether oxygens (including phenoxy) is 1. The topological polar surface area (TPSA) is 136 Å². The maximum absolute atomic E-state index is 13.5. The van der Waals surface area contributed by atoms with E-state index in [-0.39, 0.29) is 59.7 Å². The molecule has 2 aromatic rings. The van der Waals surface area contributed by atoms with Crippen molar-refractivity contribution in [3.63, 3.8) is 0 Å². The zero-order chi connectivity index (χ0) is 33.0. The Morgan fingerprint density at radius 2 is 1.78 bits per heavy atom. The van der Waals surface area contributed by atoms with E-state index in [0.717, 1.165) is 62.5 Å². The summed E-state index contributed by atoms with van der Waals surface area (Å²) in [4.78, 5) is 57.1. The first-order valence-corrected chi connectivity index (χ1v) is 16.7. The summed E-state index contributed by atoms with van der Waals surface area (Å²) in [6.07, 6.45) is 4.13. The molecule has 2 unspecified atom stereocenters. The van der Waals surface area contributed by atoms with Gasteiger partial charge in [-0.3, -0.25) is 24.2 Å². The van der Waals surface area contributed by atoms with E-state index in [4.69, 9.17) is 4.74 Å². The van der Waals surface area contributed by atoms with E-state index >= 15 is 0 Å². The monoisotopic (exact) mass is 638 g/mol. The number of aliphatic hydroxyl groups is 1. The van der Waals surface area contributed by atoms with Crippen LogP contribution in [0.25, 0.3) is 10.9 Å². The van der Waals surface area contributed by atoms with Crippen LogP contribution >= 0.6 is 0 Å². The second-order valence-corrected chi connectivity index (χ2v) is 13.5. The highest BCUT2D eigenvalue weighted by Gasteiger charge is 2.42. The molecular formula is C34H50N6O6. The van der Waals surface area contributed by atoms with Gasteiger partial charge in [-0.2, -0.15) is 0 Å². The number of methoxy groups -OCH3 is 1. The van der Waals surface area contributed by atoms with Gasteiger partial charge in [-0.05, 0) is 76.4 Å². The standard InChI is InChI=1S/C34H50N6O6/c1-22(2)40-31-10-6-5-8-24(31)16-30(33(40)44)32(43)36-26-17-27-11-12-28(18-26)39(27)21-29(42)20-38(34(45)46-4)15-14-37-13-7-9-25(19-37)35-23(3)41/h5-6,8,10,16,22,25-29,42H,7,9,11-15,17-21H2,1-4H3,(H,35,41)(H,36,43)/t25?,26-,27-,28+,29?. The van der Waals surface area contributed by atoms with Gasteiger partial charge in [0.15, 0.2) is 0 Å². The van der Waals surface area contributed by atoms with Gasteiger partial charge >= 0.3 is 6.09 Å². The molecule has 5 rings (SSSR count). The van der Waals surface area contributed by atoms with Crippen LogP contribution in [0.4, 0.5) is 4.79 Å². The van der Waals surface area contributed by atoms with Crippen molar-refractivity contribution in [1.82, 2.24) is 29.9 Å². The molecule has 252 valence electrons. The smallest absolute Gasteiger partial charge is 0.409 e. The predicted octanol–water partition coefficient (Wildman–Crippen LogP) is 2.34. The molecule has 12 heteroatoms. The van der Waals surface area contributed by atoms with Gasteiger partial charge in [-0.1, -0.05) is 18.2 Å². The van der Waals surface area contributed by atoms with Crippen molar-refractivity contribution in [2.24, 2.45) is 0 Å². The molecule has 46 heavy (non-hydrogen) atoms. The second-order valence-electron chi connectivity index (χ2n) is 13.5. The Kier molecular flexibility index (Phi) is 11.0. The van der Waals surface area contributed by atoms with E-state index in [9.17, 15) is 24.3 Å². The van der Waals surface area contributed by atoms with Gasteiger partial charge in [0.05, 0.1) is 25.3 Å². The third-order valence-corrected chi connectivity index (χ3v) is 9.81. The van der Waals surface area contributed by atoms with Gasteiger partial charge < -0.3 is 29.9 Å². The Morgan fingerprint density at radius 3 is 2.46 bits per heavy atom. The molecular weight excluding hydrogens is 588 g/mol. The van der Waals surface area contributed by atoms with Crippen molar-refractivity contribution in [2.45, 2.75) is 95.6 Å². The molecule has 0 saturated carbocycles. The summed E-state index contributed by atoms with van der Waals surface area (Å²) in [5.41, 5.74) is 0.699. The van der Waals surface area contributed by atoms with Crippen LogP contribution in [0, 0.1) is 0 Å². The lowest BCUT2D eigenvalue weighted by Crippen LogP contribution is -2.54. The molecule has 0 spiro atoms. The molecule has 12 nitrogen and oxygen atoms in total. The van der Waals surface area contributed by atoms with E-state index in [1.165, 1.54) is 14.0 Å². The van der Waals surface area contributed by atoms with Crippen LogP contribution in [0.1, 0.15) is 75.7 Å². The van der Waals surface area contributed by atoms with E-state index < -0.39 is 12.2 Å². The molecule has 3 fully saturated rings. The fraction of sp³-hybridized carbons (Fsp3) is 0.647. The van der Waals surface area contributed by atoms with Gasteiger partial charge in [0.1, 0.15) is 5.56 Å². The predicted molar refractivity (Wildman–Crippen MR) is 176 cm³/mol. The molecule has 0 aliphatic carbocycles. The maximum Gasteiger partial charge on any atom is 0.409 e. The van der Waals surface area contributed by atoms with Crippen LogP contribution in [0.5, 0.6) is 0 Å². The first-order chi connectivity index (χ1) is 22.0. The number of carbonyl (C=O) groups is 3. The first kappa shape index (κ1) is 33.9. The maximum atomic E-state index is 13.5. The molecule has 4 heterocycles. The summed E-state index contributed by atoms with van der Waals surface area (Å²) < 4.78 is 6.72. The minimum Gasteiger partial charge on any atom is -0.453 e. The highest BCUT2D eigenvalue weighted by atomic mass is 16.5. The van der Waals surface area contributed by atoms with Gasteiger partial charge in [-0.15, -0.1) is 0 Å². The minimum absolute atomic E-state index is 0.0348. The Bertz CT molecular complexity index is 1450. The fourth-order valence-electron chi connectivity index (χ4n) is 7.78. The molecule has 3 N–H and O–H groups in total. The highest BCUT2D eigenvalue weighted by molar-refractivity contribution is 5.97. The highest BCUT2D eigenvalue weighted by Crippen LogP contribution is 2.36. The Labute approximate surface area is 271 Å². The summed E-state index contributed by atoms with van der Waals surface area (Å²) in [5.74, 6) is -0.374. The Balaban J connectivity index is 1.16. The van der Waals surface area contributed by atoms with Crippen molar-refractivity contribution in [1.29, 1.82) is 0 Å². The number of amides is 3. The van der Waals surface area contributed by atoms with Crippen LogP contribution in [-0.2, 0) is 9.53 Å². The number of benzene rings is 1. The molecule has 3 saturated heterocycles. The number of carbonyl (C=O) groups excluding carboxylic acids is 3. The lowest BCUT2D eigenvalue weighted by Gasteiger charge is -2.40. The molecule has 5 atom stereocenters. The van der Waals surface area contributed by atoms with Crippen molar-refractivity contribution >= 4 is 28.8 Å². The number of aromatic nitrogens is 1. The summed E-state index contributed by atoms with van der Waals surface area (Å²) in [6, 6.07) is 9.70. The van der Waals surface area contributed by atoms with Gasteiger partial charge in [-0.25, -0.2) is 4.79 Å². The number of hydrogen-bond donors (Lipinski definition) is 3. The average molecular weight is 639 g/mol. The number of rotatable bonds is 11. The number of pyridine rings is 1. The molecule has 3 aliphatic rings. The minimum atomic E-state index is -0.756. The quantitative estimate of drug-likeness (QED) is 0.341. The SMILES string of the molecule is COC(=O)N(CCN1CCCC(NC(C)=O)C1)CC(O)CN1[C@@H]2CC[C@H]1C[C@H](NC(=O)c1cc3ccccc3n(C(C)C)c1=O)C2. The number of fused-ring (bicyclic) bond motifs is 3. The van der Waals surface area contributed by atoms with Crippen molar-refractivity contribution in [2.75, 3.05) is 46.4 Å². The van der Waals surface area contributed by atoms with E-state index in [1.807, 2.05) is 38.1 Å². The number of aliphatic hydroxyl groups excluding tert-OH is 1. The lowest BCUT2D eigenvalue weighted by atomic mass is 9.96. The molecule has 1 aromatic carbocycles. The van der Waals surface area contributed by atoms with E-state index in [0.29, 0.717) is 19.6 Å². The van der Waals surface area contributed by atoms with Crippen LogP contribution in [0.15, 0.2) is 35.1 Å². The number of likely N-dealkylation sites (tertiary alicyclic amines) is 1. The molecule has 2 bridgehead atoms. The average Bonchev–Trinajstić information content (AvgIpc) is 3.23. The van der Waals surface area contributed by atoms with Crippen molar-refractivity contribution < 1.29 is 24.2 Å². The summed E-state index contributed by atoms with van der Waals surface area (Å²) in [5, 5.41) is 18.2. The van der Waals surface area contributed by atoms with Gasteiger partial charge in [0, 0.05) is 63.3 Å². The largest absolute Gasteiger partial charge is 0.453 e. The molecule has 1 aromatic heterocycles. The van der Waals surface area contributed by atoms with Crippen LogP contribution in [-0.4, -0.2) is 119 Å². The summed E-state index contributed by atoms with van der Waals surface area (Å²) in [6.45, 7) is 8.71. The lowest BCUT2D eigenvalue weighted by molar-refractivity contribution is -0.120. The summed E-state index contributed by atoms with van der Waals surface area (Å²) >= 11 is 0. The second kappa shape index (κ2) is 15.0. The van der Waals surface area contributed by atoms with E-state index in [2.05, 4.69) is 20.4 Å². The van der Waals surface area contributed by atoms with Crippen molar-refractivity contribution in [3.05, 3.63) is 46.2 Å². The zero-order valence-corrected chi connectivity index (χ0v) is 27.6. The van der Waals surface area contributed by atoms with Gasteiger partial charge in [0.2, 0.25) is 5.91 Å². The van der Waals surface area contributed by atoms with Gasteiger partial charge in [0.25, 0.3) is 11.5 Å². The number of piperidine rings is 2. The number of para-hydroxylation sites is 1. The number of nitrogens with one attached hydrogen (secondary N) is 2.